The third kappa shape index (κ3) is 4.38. The number of anilines is 1. The average molecular weight is 439 g/mol. The molecule has 3 aromatic rings. The van der Waals surface area contributed by atoms with Crippen molar-refractivity contribution in [3.8, 4) is 5.75 Å². The molecule has 0 atom stereocenters. The highest BCUT2D eigenvalue weighted by Gasteiger charge is 2.28. The van der Waals surface area contributed by atoms with Crippen LogP contribution < -0.4 is 9.64 Å². The fourth-order valence-electron chi connectivity index (χ4n) is 3.56. The maximum atomic E-state index is 12.8. The lowest BCUT2D eigenvalue weighted by molar-refractivity contribution is -0.119. The van der Waals surface area contributed by atoms with Gasteiger partial charge in [-0.2, -0.15) is 0 Å². The lowest BCUT2D eigenvalue weighted by Gasteiger charge is -2.30. The number of aromatic nitrogens is 4. The Bertz CT molecular complexity index is 1120. The fourth-order valence-corrected chi connectivity index (χ4v) is 3.99. The van der Waals surface area contributed by atoms with Crippen LogP contribution in [0.25, 0.3) is 0 Å². The molecule has 10 heteroatoms. The van der Waals surface area contributed by atoms with Gasteiger partial charge < -0.3 is 9.64 Å². The Balaban J connectivity index is 1.62. The summed E-state index contributed by atoms with van der Waals surface area (Å²) in [7, 11) is 3.28. The monoisotopic (exact) mass is 438 g/mol. The van der Waals surface area contributed by atoms with Crippen molar-refractivity contribution >= 4 is 29.2 Å². The van der Waals surface area contributed by atoms with Crippen LogP contribution in [0.4, 0.5) is 5.82 Å². The highest BCUT2D eigenvalue weighted by Crippen LogP contribution is 2.30. The molecule has 0 unspecified atom stereocenters. The molecule has 2 aromatic heterocycles. The molecule has 0 saturated carbocycles. The summed E-state index contributed by atoms with van der Waals surface area (Å²) in [4.78, 5) is 37.7. The van der Waals surface area contributed by atoms with E-state index in [9.17, 15) is 9.59 Å². The molecule has 160 valence electrons. The molecule has 1 aliphatic rings. The second kappa shape index (κ2) is 8.76. The normalized spacial score (nSPS) is 13.1. The van der Waals surface area contributed by atoms with Crippen LogP contribution in [0, 0.1) is 6.92 Å². The molecule has 4 rings (SSSR count). The van der Waals surface area contributed by atoms with Crippen LogP contribution in [0.3, 0.4) is 0 Å². The van der Waals surface area contributed by atoms with Gasteiger partial charge in [-0.1, -0.05) is 16.6 Å². The lowest BCUT2D eigenvalue weighted by atomic mass is 10.0. The zero-order valence-electron chi connectivity index (χ0n) is 17.5. The van der Waals surface area contributed by atoms with Gasteiger partial charge in [-0.05, 0) is 42.6 Å². The SMILES string of the molecule is COc1cccc(CN2C(=O)CCc3c(C)nc(CN(C)C(=O)c4csnn4)nc32)c1. The summed E-state index contributed by atoms with van der Waals surface area (Å²) in [6, 6.07) is 7.62. The zero-order valence-corrected chi connectivity index (χ0v) is 18.3. The van der Waals surface area contributed by atoms with Gasteiger partial charge in [-0.3, -0.25) is 14.5 Å². The summed E-state index contributed by atoms with van der Waals surface area (Å²) in [6.45, 7) is 2.50. The van der Waals surface area contributed by atoms with E-state index in [4.69, 9.17) is 4.74 Å². The molecule has 2 amide bonds. The van der Waals surface area contributed by atoms with Crippen LogP contribution in [0.2, 0.25) is 0 Å². The first-order valence-electron chi connectivity index (χ1n) is 9.78. The molecule has 1 aromatic carbocycles. The number of hydrogen-bond acceptors (Lipinski definition) is 8. The van der Waals surface area contributed by atoms with Crippen LogP contribution in [-0.2, 0) is 24.3 Å². The van der Waals surface area contributed by atoms with E-state index in [1.54, 1.807) is 24.4 Å². The van der Waals surface area contributed by atoms with Crippen molar-refractivity contribution in [1.82, 2.24) is 24.5 Å². The van der Waals surface area contributed by atoms with Crippen molar-refractivity contribution in [2.45, 2.75) is 32.9 Å². The summed E-state index contributed by atoms with van der Waals surface area (Å²) in [5.41, 5.74) is 3.02. The van der Waals surface area contributed by atoms with Crippen molar-refractivity contribution in [3.05, 3.63) is 58.0 Å². The van der Waals surface area contributed by atoms with Gasteiger partial charge in [0.15, 0.2) is 5.69 Å². The van der Waals surface area contributed by atoms with E-state index in [1.165, 1.54) is 4.90 Å². The zero-order chi connectivity index (χ0) is 22.0. The molecule has 9 nitrogen and oxygen atoms in total. The van der Waals surface area contributed by atoms with Gasteiger partial charge in [0.2, 0.25) is 5.91 Å². The number of carbonyl (C=O) groups is 2. The van der Waals surface area contributed by atoms with E-state index in [2.05, 4.69) is 19.6 Å². The quantitative estimate of drug-likeness (QED) is 0.582. The summed E-state index contributed by atoms with van der Waals surface area (Å²) < 4.78 is 9.03. The first-order valence-corrected chi connectivity index (χ1v) is 10.6. The molecule has 0 spiro atoms. The van der Waals surface area contributed by atoms with E-state index in [0.717, 1.165) is 34.1 Å². The average Bonchev–Trinajstić information content (AvgIpc) is 3.30. The highest BCUT2D eigenvalue weighted by atomic mass is 32.1. The molecule has 1 aliphatic heterocycles. The Morgan fingerprint density at radius 3 is 2.87 bits per heavy atom. The van der Waals surface area contributed by atoms with E-state index in [0.29, 0.717) is 31.0 Å². The number of carbonyl (C=O) groups excluding carboxylic acids is 2. The molecule has 0 aliphatic carbocycles. The van der Waals surface area contributed by atoms with Crippen LogP contribution in [0.15, 0.2) is 29.6 Å². The lowest BCUT2D eigenvalue weighted by Crippen LogP contribution is -2.37. The molecule has 0 radical (unpaired) electrons. The molecule has 0 saturated heterocycles. The van der Waals surface area contributed by atoms with Gasteiger partial charge in [0.1, 0.15) is 17.4 Å². The maximum Gasteiger partial charge on any atom is 0.275 e. The summed E-state index contributed by atoms with van der Waals surface area (Å²) >= 11 is 1.12. The number of methoxy groups -OCH3 is 1. The number of fused-ring (bicyclic) bond motifs is 1. The Kier molecular flexibility index (Phi) is 5.90. The molecular formula is C21H22N6O3S. The van der Waals surface area contributed by atoms with Gasteiger partial charge >= 0.3 is 0 Å². The first-order chi connectivity index (χ1) is 15.0. The van der Waals surface area contributed by atoms with Crippen molar-refractivity contribution in [3.63, 3.8) is 0 Å². The van der Waals surface area contributed by atoms with Crippen molar-refractivity contribution in [1.29, 1.82) is 0 Å². The van der Waals surface area contributed by atoms with Gasteiger partial charge in [0.25, 0.3) is 5.91 Å². The Hall–Kier alpha value is -3.40. The molecular weight excluding hydrogens is 416 g/mol. The van der Waals surface area contributed by atoms with Crippen molar-refractivity contribution in [2.24, 2.45) is 0 Å². The predicted molar refractivity (Wildman–Crippen MR) is 115 cm³/mol. The van der Waals surface area contributed by atoms with E-state index in [1.807, 2.05) is 31.2 Å². The summed E-state index contributed by atoms with van der Waals surface area (Å²) in [5, 5.41) is 5.43. The predicted octanol–water partition coefficient (Wildman–Crippen LogP) is 2.40. The fraction of sp³-hybridized carbons (Fsp3) is 0.333. The topological polar surface area (TPSA) is 101 Å². The summed E-state index contributed by atoms with van der Waals surface area (Å²) in [5.74, 6) is 1.58. The van der Waals surface area contributed by atoms with Crippen molar-refractivity contribution in [2.75, 3.05) is 19.1 Å². The van der Waals surface area contributed by atoms with Gasteiger partial charge in [-0.25, -0.2) is 9.97 Å². The third-order valence-electron chi connectivity index (χ3n) is 5.16. The van der Waals surface area contributed by atoms with E-state index in [-0.39, 0.29) is 24.1 Å². The van der Waals surface area contributed by atoms with E-state index >= 15 is 0 Å². The number of benzene rings is 1. The number of nitrogens with zero attached hydrogens (tertiary/aromatic N) is 6. The molecule has 0 N–H and O–H groups in total. The van der Waals surface area contributed by atoms with Gasteiger partial charge in [-0.15, -0.1) is 5.10 Å². The highest BCUT2D eigenvalue weighted by molar-refractivity contribution is 7.03. The summed E-state index contributed by atoms with van der Waals surface area (Å²) in [6.07, 6.45) is 1.02. The smallest absolute Gasteiger partial charge is 0.275 e. The van der Waals surface area contributed by atoms with Gasteiger partial charge in [0.05, 0.1) is 20.2 Å². The number of hydrogen-bond donors (Lipinski definition) is 0. The first kappa shape index (κ1) is 20.9. The van der Waals surface area contributed by atoms with Crippen molar-refractivity contribution < 1.29 is 14.3 Å². The Morgan fingerprint density at radius 1 is 1.29 bits per heavy atom. The molecule has 0 fully saturated rings. The number of rotatable bonds is 6. The second-order valence-corrected chi connectivity index (χ2v) is 7.92. The largest absolute Gasteiger partial charge is 0.497 e. The van der Waals surface area contributed by atoms with Gasteiger partial charge in [0, 0.05) is 30.1 Å². The van der Waals surface area contributed by atoms with Crippen LogP contribution in [0.1, 0.15) is 39.6 Å². The van der Waals surface area contributed by atoms with E-state index < -0.39 is 0 Å². The van der Waals surface area contributed by atoms with Crippen LogP contribution in [0.5, 0.6) is 5.75 Å². The Labute approximate surface area is 183 Å². The molecule has 3 heterocycles. The number of aryl methyl sites for hydroxylation is 1. The maximum absolute atomic E-state index is 12.8. The third-order valence-corrected chi connectivity index (χ3v) is 5.67. The number of ether oxygens (including phenoxy) is 1. The second-order valence-electron chi connectivity index (χ2n) is 7.31. The molecule has 31 heavy (non-hydrogen) atoms. The van der Waals surface area contributed by atoms with Crippen LogP contribution >= 0.6 is 11.5 Å². The minimum Gasteiger partial charge on any atom is -0.497 e. The van der Waals surface area contributed by atoms with Crippen LogP contribution in [-0.4, -0.2) is 50.4 Å². The minimum absolute atomic E-state index is 0.0114. The Morgan fingerprint density at radius 2 is 2.13 bits per heavy atom. The standard InChI is InChI=1S/C21H22N6O3S/c1-13-16-7-8-19(28)27(10-14-5-4-6-15(9-14)30-3)20(16)23-18(22-13)11-26(2)21(29)17-12-31-25-24-17/h4-6,9,12H,7-8,10-11H2,1-3H3. The molecule has 0 bridgehead atoms. The number of amides is 2. The minimum atomic E-state index is -0.253.